The average Bonchev–Trinajstić information content (AvgIpc) is 3.22. The summed E-state index contributed by atoms with van der Waals surface area (Å²) in [5.74, 6) is 0.205. The van der Waals surface area contributed by atoms with Crippen LogP contribution in [0.25, 0.3) is 0 Å². The molecular formula is C22H29N3O3. The second-order valence-electron chi connectivity index (χ2n) is 7.13. The smallest absolute Gasteiger partial charge is 0.317 e. The Morgan fingerprint density at radius 3 is 2.64 bits per heavy atom. The van der Waals surface area contributed by atoms with Crippen molar-refractivity contribution in [3.8, 4) is 5.75 Å². The molecule has 0 bridgehead atoms. The number of urea groups is 1. The lowest BCUT2D eigenvalue weighted by atomic mass is 10.1. The van der Waals surface area contributed by atoms with Gasteiger partial charge in [0.15, 0.2) is 0 Å². The van der Waals surface area contributed by atoms with Crippen LogP contribution in [0, 0.1) is 0 Å². The van der Waals surface area contributed by atoms with Gasteiger partial charge in [-0.2, -0.15) is 0 Å². The number of carbonyl (C=O) groups excluding carboxylic acids is 1. The van der Waals surface area contributed by atoms with Crippen LogP contribution >= 0.6 is 0 Å². The number of benzene rings is 2. The van der Waals surface area contributed by atoms with Gasteiger partial charge in [0.2, 0.25) is 0 Å². The standard InChI is InChI=1S/C22H29N3O3/c1-24(19-9-3-2-4-10-19)14-13-23-22(27)25(17-20-11-7-15-28-20)16-18-8-5-6-12-21(18)26/h2-6,8-10,12,20,26H,7,11,13-17H2,1H3,(H,23,27). The highest BCUT2D eigenvalue weighted by atomic mass is 16.5. The first-order chi connectivity index (χ1) is 13.6. The Bertz CT molecular complexity index is 748. The summed E-state index contributed by atoms with van der Waals surface area (Å²) < 4.78 is 5.71. The number of amides is 2. The zero-order chi connectivity index (χ0) is 19.8. The molecule has 6 nitrogen and oxygen atoms in total. The monoisotopic (exact) mass is 383 g/mol. The molecule has 1 saturated heterocycles. The van der Waals surface area contributed by atoms with Crippen LogP contribution in [0.1, 0.15) is 18.4 Å². The van der Waals surface area contributed by atoms with Gasteiger partial charge in [-0.15, -0.1) is 0 Å². The number of phenols is 1. The molecule has 1 unspecified atom stereocenters. The van der Waals surface area contributed by atoms with E-state index in [9.17, 15) is 9.90 Å². The maximum absolute atomic E-state index is 12.8. The van der Waals surface area contributed by atoms with Gasteiger partial charge >= 0.3 is 6.03 Å². The van der Waals surface area contributed by atoms with E-state index < -0.39 is 0 Å². The number of hydrogen-bond donors (Lipinski definition) is 2. The van der Waals surface area contributed by atoms with Gasteiger partial charge in [0, 0.05) is 44.5 Å². The van der Waals surface area contributed by atoms with Crippen molar-refractivity contribution in [3.63, 3.8) is 0 Å². The lowest BCUT2D eigenvalue weighted by Gasteiger charge is -2.27. The quantitative estimate of drug-likeness (QED) is 0.735. The minimum absolute atomic E-state index is 0.0589. The fourth-order valence-corrected chi connectivity index (χ4v) is 3.36. The third-order valence-electron chi connectivity index (χ3n) is 5.01. The highest BCUT2D eigenvalue weighted by Crippen LogP contribution is 2.20. The number of hydrogen-bond acceptors (Lipinski definition) is 4. The van der Waals surface area contributed by atoms with Crippen molar-refractivity contribution < 1.29 is 14.6 Å². The van der Waals surface area contributed by atoms with E-state index in [0.717, 1.165) is 30.7 Å². The first-order valence-electron chi connectivity index (χ1n) is 9.81. The summed E-state index contributed by atoms with van der Waals surface area (Å²) in [7, 11) is 2.01. The van der Waals surface area contributed by atoms with E-state index in [4.69, 9.17) is 4.74 Å². The maximum Gasteiger partial charge on any atom is 0.317 e. The zero-order valence-electron chi connectivity index (χ0n) is 16.4. The van der Waals surface area contributed by atoms with Crippen LogP contribution < -0.4 is 10.2 Å². The molecule has 1 fully saturated rings. The average molecular weight is 383 g/mol. The van der Waals surface area contributed by atoms with Gasteiger partial charge in [-0.3, -0.25) is 0 Å². The summed E-state index contributed by atoms with van der Waals surface area (Å²) in [6.45, 7) is 2.87. The highest BCUT2D eigenvalue weighted by molar-refractivity contribution is 5.74. The minimum atomic E-state index is -0.139. The Kier molecular flexibility index (Phi) is 7.14. The first kappa shape index (κ1) is 20.0. The van der Waals surface area contributed by atoms with Crippen molar-refractivity contribution in [1.29, 1.82) is 0 Å². The summed E-state index contributed by atoms with van der Waals surface area (Å²) >= 11 is 0. The number of carbonyl (C=O) groups is 1. The molecule has 0 radical (unpaired) electrons. The van der Waals surface area contributed by atoms with Crippen molar-refractivity contribution in [2.45, 2.75) is 25.5 Å². The molecule has 6 heteroatoms. The van der Waals surface area contributed by atoms with Crippen molar-refractivity contribution in [2.75, 3.05) is 38.2 Å². The fourth-order valence-electron chi connectivity index (χ4n) is 3.36. The van der Waals surface area contributed by atoms with Gasteiger partial charge in [0.05, 0.1) is 12.6 Å². The molecule has 2 aromatic rings. The van der Waals surface area contributed by atoms with Crippen LogP contribution in [0.4, 0.5) is 10.5 Å². The fraction of sp³-hybridized carbons (Fsp3) is 0.409. The van der Waals surface area contributed by atoms with Gasteiger partial charge in [-0.05, 0) is 31.0 Å². The SMILES string of the molecule is CN(CCNC(=O)N(Cc1ccccc1O)CC1CCCO1)c1ccccc1. The second-order valence-corrected chi connectivity index (χ2v) is 7.13. The molecule has 1 aliphatic heterocycles. The number of nitrogens with one attached hydrogen (secondary N) is 1. The molecule has 0 aromatic heterocycles. The number of likely N-dealkylation sites (N-methyl/N-ethyl adjacent to an activating group) is 1. The molecule has 2 N–H and O–H groups in total. The molecule has 1 atom stereocenters. The van der Waals surface area contributed by atoms with E-state index in [1.54, 1.807) is 17.0 Å². The molecule has 0 saturated carbocycles. The lowest BCUT2D eigenvalue weighted by Crippen LogP contribution is -2.45. The Morgan fingerprint density at radius 2 is 1.93 bits per heavy atom. The molecule has 0 aliphatic carbocycles. The number of ether oxygens (including phenoxy) is 1. The predicted molar refractivity (Wildman–Crippen MR) is 111 cm³/mol. The minimum Gasteiger partial charge on any atom is -0.508 e. The maximum atomic E-state index is 12.8. The Balaban J connectivity index is 1.57. The molecule has 150 valence electrons. The zero-order valence-corrected chi connectivity index (χ0v) is 16.4. The van der Waals surface area contributed by atoms with Gasteiger partial charge in [0.1, 0.15) is 5.75 Å². The van der Waals surface area contributed by atoms with E-state index in [0.29, 0.717) is 26.2 Å². The molecular weight excluding hydrogens is 354 g/mol. The van der Waals surface area contributed by atoms with E-state index in [1.807, 2.05) is 49.5 Å². The summed E-state index contributed by atoms with van der Waals surface area (Å²) in [4.78, 5) is 16.7. The summed E-state index contributed by atoms with van der Waals surface area (Å²) in [5, 5.41) is 13.1. The van der Waals surface area contributed by atoms with E-state index in [1.165, 1.54) is 0 Å². The van der Waals surface area contributed by atoms with E-state index in [-0.39, 0.29) is 17.9 Å². The molecule has 1 aliphatic rings. The number of aromatic hydroxyl groups is 1. The molecule has 2 amide bonds. The van der Waals surface area contributed by atoms with Crippen molar-refractivity contribution in [3.05, 3.63) is 60.2 Å². The summed E-state index contributed by atoms with van der Waals surface area (Å²) in [6.07, 6.45) is 2.04. The molecule has 2 aromatic carbocycles. The van der Waals surface area contributed by atoms with Crippen LogP contribution in [-0.2, 0) is 11.3 Å². The highest BCUT2D eigenvalue weighted by Gasteiger charge is 2.23. The second kappa shape index (κ2) is 9.99. The van der Waals surface area contributed by atoms with E-state index >= 15 is 0 Å². The predicted octanol–water partition coefficient (Wildman–Crippen LogP) is 3.22. The number of rotatable bonds is 8. The van der Waals surface area contributed by atoms with Crippen molar-refractivity contribution in [1.82, 2.24) is 10.2 Å². The Labute approximate surface area is 166 Å². The van der Waals surface area contributed by atoms with Gasteiger partial charge in [-0.25, -0.2) is 4.79 Å². The van der Waals surface area contributed by atoms with Gasteiger partial charge in [0.25, 0.3) is 0 Å². The number of nitrogens with zero attached hydrogens (tertiary/aromatic N) is 2. The van der Waals surface area contributed by atoms with Crippen LogP contribution in [0.5, 0.6) is 5.75 Å². The van der Waals surface area contributed by atoms with Crippen LogP contribution in [-0.4, -0.2) is 55.4 Å². The molecule has 28 heavy (non-hydrogen) atoms. The largest absolute Gasteiger partial charge is 0.508 e. The van der Waals surface area contributed by atoms with Crippen LogP contribution in [0.15, 0.2) is 54.6 Å². The third-order valence-corrected chi connectivity index (χ3v) is 5.01. The first-order valence-corrected chi connectivity index (χ1v) is 9.81. The third kappa shape index (κ3) is 5.63. The molecule has 0 spiro atoms. The summed E-state index contributed by atoms with van der Waals surface area (Å²) in [6, 6.07) is 17.1. The number of phenolic OH excluding ortho intramolecular Hbond substituents is 1. The normalized spacial score (nSPS) is 16.0. The molecule has 1 heterocycles. The Morgan fingerprint density at radius 1 is 1.18 bits per heavy atom. The van der Waals surface area contributed by atoms with E-state index in [2.05, 4.69) is 10.2 Å². The van der Waals surface area contributed by atoms with Crippen LogP contribution in [0.2, 0.25) is 0 Å². The molecule has 3 rings (SSSR count). The van der Waals surface area contributed by atoms with Crippen LogP contribution in [0.3, 0.4) is 0 Å². The lowest BCUT2D eigenvalue weighted by molar-refractivity contribution is 0.0793. The number of para-hydroxylation sites is 2. The van der Waals surface area contributed by atoms with Crippen molar-refractivity contribution in [2.24, 2.45) is 0 Å². The van der Waals surface area contributed by atoms with Gasteiger partial charge < -0.3 is 25.0 Å². The number of anilines is 1. The summed E-state index contributed by atoms with van der Waals surface area (Å²) in [5.41, 5.74) is 1.85. The van der Waals surface area contributed by atoms with Crippen molar-refractivity contribution >= 4 is 11.7 Å². The van der Waals surface area contributed by atoms with Gasteiger partial charge in [-0.1, -0.05) is 36.4 Å². The topological polar surface area (TPSA) is 65.0 Å². The Hall–Kier alpha value is -2.73.